The van der Waals surface area contributed by atoms with E-state index in [2.05, 4.69) is 4.90 Å². The molecule has 4 heteroatoms. The van der Waals surface area contributed by atoms with Crippen molar-refractivity contribution in [2.45, 2.75) is 50.4 Å². The summed E-state index contributed by atoms with van der Waals surface area (Å²) in [5.74, 6) is -0.222. The maximum Gasteiger partial charge on any atom is 0.129 e. The summed E-state index contributed by atoms with van der Waals surface area (Å²) >= 11 is 0. The highest BCUT2D eigenvalue weighted by molar-refractivity contribution is 5.52. The second kappa shape index (κ2) is 4.52. The fourth-order valence-electron chi connectivity index (χ4n) is 3.43. The predicted octanol–water partition coefficient (Wildman–Crippen LogP) is 1.78. The average Bonchev–Trinajstić information content (AvgIpc) is 2.61. The fraction of sp³-hybridized carbons (Fsp3) is 0.571. The van der Waals surface area contributed by atoms with E-state index in [0.717, 1.165) is 31.4 Å². The van der Waals surface area contributed by atoms with E-state index >= 15 is 0 Å². The van der Waals surface area contributed by atoms with Gasteiger partial charge in [-0.15, -0.1) is 0 Å². The Balaban J connectivity index is 1.89. The van der Waals surface area contributed by atoms with E-state index in [9.17, 15) is 9.50 Å². The Bertz CT molecular complexity index is 437. The zero-order valence-corrected chi connectivity index (χ0v) is 10.3. The average molecular weight is 250 g/mol. The third-order valence-corrected chi connectivity index (χ3v) is 4.26. The van der Waals surface area contributed by atoms with Crippen LogP contribution in [0.3, 0.4) is 0 Å². The minimum atomic E-state index is -0.222. The molecule has 0 aliphatic carbocycles. The van der Waals surface area contributed by atoms with Crippen molar-refractivity contribution in [3.8, 4) is 0 Å². The number of nitrogens with zero attached hydrogens (tertiary/aromatic N) is 1. The number of rotatable bonds is 2. The molecule has 0 spiro atoms. The van der Waals surface area contributed by atoms with Crippen molar-refractivity contribution in [1.29, 1.82) is 0 Å². The van der Waals surface area contributed by atoms with E-state index in [1.807, 2.05) is 6.07 Å². The topological polar surface area (TPSA) is 49.5 Å². The van der Waals surface area contributed by atoms with Gasteiger partial charge in [0.15, 0.2) is 0 Å². The van der Waals surface area contributed by atoms with Gasteiger partial charge in [-0.25, -0.2) is 4.39 Å². The summed E-state index contributed by atoms with van der Waals surface area (Å²) < 4.78 is 13.8. The van der Waals surface area contributed by atoms with Gasteiger partial charge in [-0.05, 0) is 37.8 Å². The lowest BCUT2D eigenvalue weighted by Gasteiger charge is -2.39. The van der Waals surface area contributed by atoms with Crippen LogP contribution in [0, 0.1) is 5.82 Å². The number of halogens is 1. The Labute approximate surface area is 106 Å². The van der Waals surface area contributed by atoms with Crippen LogP contribution in [-0.2, 0) is 6.54 Å². The zero-order valence-electron chi connectivity index (χ0n) is 10.3. The van der Waals surface area contributed by atoms with Crippen molar-refractivity contribution in [1.82, 2.24) is 0 Å². The van der Waals surface area contributed by atoms with E-state index < -0.39 is 0 Å². The quantitative estimate of drug-likeness (QED) is 0.841. The second-order valence-corrected chi connectivity index (χ2v) is 5.40. The SMILES string of the molecule is NCc1ccc(N2C3CCC2CC(O)C3)cc1F. The summed E-state index contributed by atoms with van der Waals surface area (Å²) in [6.07, 6.45) is 3.62. The lowest BCUT2D eigenvalue weighted by molar-refractivity contribution is 0.126. The van der Waals surface area contributed by atoms with Crippen LogP contribution in [0.4, 0.5) is 10.1 Å². The second-order valence-electron chi connectivity index (χ2n) is 5.40. The molecule has 0 amide bonds. The number of anilines is 1. The number of aliphatic hydroxyl groups is 1. The van der Waals surface area contributed by atoms with Crippen LogP contribution < -0.4 is 10.6 Å². The number of benzene rings is 1. The van der Waals surface area contributed by atoms with Gasteiger partial charge in [-0.1, -0.05) is 6.07 Å². The van der Waals surface area contributed by atoms with E-state index in [1.165, 1.54) is 0 Å². The van der Waals surface area contributed by atoms with Crippen LogP contribution >= 0.6 is 0 Å². The van der Waals surface area contributed by atoms with Crippen LogP contribution in [0.5, 0.6) is 0 Å². The van der Waals surface area contributed by atoms with Crippen LogP contribution in [-0.4, -0.2) is 23.3 Å². The highest BCUT2D eigenvalue weighted by Gasteiger charge is 2.40. The van der Waals surface area contributed by atoms with Gasteiger partial charge in [0.25, 0.3) is 0 Å². The Morgan fingerprint density at radius 3 is 2.50 bits per heavy atom. The molecular formula is C14H19FN2O. The number of hydrogen-bond donors (Lipinski definition) is 2. The molecule has 3 N–H and O–H groups in total. The Morgan fingerprint density at radius 1 is 1.28 bits per heavy atom. The van der Waals surface area contributed by atoms with Crippen molar-refractivity contribution < 1.29 is 9.50 Å². The van der Waals surface area contributed by atoms with E-state index in [1.54, 1.807) is 12.1 Å². The zero-order chi connectivity index (χ0) is 12.7. The third kappa shape index (κ3) is 1.89. The van der Waals surface area contributed by atoms with Gasteiger partial charge >= 0.3 is 0 Å². The molecule has 0 radical (unpaired) electrons. The lowest BCUT2D eigenvalue weighted by Crippen LogP contribution is -2.44. The standard InChI is InChI=1S/C14H19FN2O/c15-14-7-12(2-1-9(14)8-16)17-10-3-4-11(17)6-13(18)5-10/h1-2,7,10-11,13,18H,3-6,8,16H2. The first-order valence-corrected chi connectivity index (χ1v) is 6.64. The number of hydrogen-bond acceptors (Lipinski definition) is 3. The van der Waals surface area contributed by atoms with Crippen LogP contribution in [0.25, 0.3) is 0 Å². The van der Waals surface area contributed by atoms with Gasteiger partial charge in [0, 0.05) is 29.9 Å². The van der Waals surface area contributed by atoms with Gasteiger partial charge in [-0.3, -0.25) is 0 Å². The highest BCUT2D eigenvalue weighted by Crippen LogP contribution is 2.39. The summed E-state index contributed by atoms with van der Waals surface area (Å²) in [5.41, 5.74) is 6.97. The minimum absolute atomic E-state index is 0.188. The largest absolute Gasteiger partial charge is 0.393 e. The Kier molecular flexibility index (Phi) is 2.99. The smallest absolute Gasteiger partial charge is 0.129 e. The molecule has 2 fully saturated rings. The van der Waals surface area contributed by atoms with E-state index in [4.69, 9.17) is 5.73 Å². The monoisotopic (exact) mass is 250 g/mol. The normalized spacial score (nSPS) is 30.8. The molecule has 2 aliphatic heterocycles. The third-order valence-electron chi connectivity index (χ3n) is 4.26. The molecule has 0 saturated carbocycles. The summed E-state index contributed by atoms with van der Waals surface area (Å²) in [4.78, 5) is 2.29. The van der Waals surface area contributed by atoms with Crippen LogP contribution in [0.1, 0.15) is 31.2 Å². The molecule has 2 unspecified atom stereocenters. The van der Waals surface area contributed by atoms with Crippen LogP contribution in [0.15, 0.2) is 18.2 Å². The van der Waals surface area contributed by atoms with Gasteiger partial charge in [0.05, 0.1) is 6.10 Å². The molecule has 0 aromatic heterocycles. The maximum atomic E-state index is 13.8. The molecule has 2 aliphatic rings. The lowest BCUT2D eigenvalue weighted by atomic mass is 9.99. The van der Waals surface area contributed by atoms with Gasteiger partial charge in [-0.2, -0.15) is 0 Å². The van der Waals surface area contributed by atoms with Gasteiger partial charge in [0.2, 0.25) is 0 Å². The number of fused-ring (bicyclic) bond motifs is 2. The Morgan fingerprint density at radius 2 is 1.94 bits per heavy atom. The molecule has 3 nitrogen and oxygen atoms in total. The molecule has 18 heavy (non-hydrogen) atoms. The molecule has 2 atom stereocenters. The maximum absolute atomic E-state index is 13.8. The number of aliphatic hydroxyl groups excluding tert-OH is 1. The van der Waals surface area contributed by atoms with Crippen LogP contribution in [0.2, 0.25) is 0 Å². The van der Waals surface area contributed by atoms with Gasteiger partial charge in [0.1, 0.15) is 5.82 Å². The van der Waals surface area contributed by atoms with Crippen molar-refractivity contribution in [3.05, 3.63) is 29.6 Å². The molecular weight excluding hydrogens is 231 g/mol. The first-order valence-electron chi connectivity index (χ1n) is 6.64. The first-order chi connectivity index (χ1) is 8.69. The molecule has 2 heterocycles. The number of nitrogens with two attached hydrogens (primary N) is 1. The summed E-state index contributed by atoms with van der Waals surface area (Å²) in [6, 6.07) is 6.04. The minimum Gasteiger partial charge on any atom is -0.393 e. The van der Waals surface area contributed by atoms with Gasteiger partial charge < -0.3 is 15.7 Å². The molecule has 98 valence electrons. The highest BCUT2D eigenvalue weighted by atomic mass is 19.1. The summed E-state index contributed by atoms with van der Waals surface area (Å²) in [7, 11) is 0. The Hall–Kier alpha value is -1.13. The first kappa shape index (κ1) is 11.9. The summed E-state index contributed by atoms with van der Waals surface area (Å²) in [5, 5.41) is 9.77. The van der Waals surface area contributed by atoms with Crippen molar-refractivity contribution in [3.63, 3.8) is 0 Å². The van der Waals surface area contributed by atoms with Crippen molar-refractivity contribution in [2.24, 2.45) is 5.73 Å². The molecule has 1 aromatic carbocycles. The molecule has 2 bridgehead atoms. The fourth-order valence-corrected chi connectivity index (χ4v) is 3.43. The predicted molar refractivity (Wildman–Crippen MR) is 68.8 cm³/mol. The molecule has 3 rings (SSSR count). The molecule has 1 aromatic rings. The van der Waals surface area contributed by atoms with Crippen molar-refractivity contribution >= 4 is 5.69 Å². The summed E-state index contributed by atoms with van der Waals surface area (Å²) in [6.45, 7) is 0.234. The van der Waals surface area contributed by atoms with Crippen molar-refractivity contribution in [2.75, 3.05) is 4.90 Å². The van der Waals surface area contributed by atoms with E-state index in [0.29, 0.717) is 17.6 Å². The van der Waals surface area contributed by atoms with E-state index in [-0.39, 0.29) is 18.5 Å². The number of piperidine rings is 1. The molecule has 2 saturated heterocycles.